The molecule has 4 rings (SSSR count). The van der Waals surface area contributed by atoms with Crippen molar-refractivity contribution in [3.63, 3.8) is 0 Å². The van der Waals surface area contributed by atoms with Crippen LogP contribution >= 0.6 is 11.6 Å². The van der Waals surface area contributed by atoms with Gasteiger partial charge in [0.1, 0.15) is 17.0 Å². The molecule has 0 aliphatic carbocycles. The summed E-state index contributed by atoms with van der Waals surface area (Å²) in [5.41, 5.74) is 1.21. The zero-order chi connectivity index (χ0) is 25.7. The number of H-pyrrole nitrogens is 1. The molecular formula is C25H29ClN6O4. The third-order valence-corrected chi connectivity index (χ3v) is 6.76. The molecule has 11 heteroatoms. The Balaban J connectivity index is 1.64. The van der Waals surface area contributed by atoms with E-state index in [9.17, 15) is 19.6 Å². The molecule has 2 atom stereocenters. The van der Waals surface area contributed by atoms with E-state index < -0.39 is 17.9 Å². The third-order valence-electron chi connectivity index (χ3n) is 6.56. The van der Waals surface area contributed by atoms with Crippen molar-refractivity contribution in [3.8, 4) is 6.07 Å². The molecule has 1 aromatic heterocycles. The van der Waals surface area contributed by atoms with Gasteiger partial charge in [-0.05, 0) is 44.2 Å². The molecule has 190 valence electrons. The summed E-state index contributed by atoms with van der Waals surface area (Å²) in [6.07, 6.45) is 3.86. The number of nitriles is 1. The lowest BCUT2D eigenvalue weighted by atomic mass is 10.1. The number of amidine groups is 1. The van der Waals surface area contributed by atoms with E-state index in [2.05, 4.69) is 15.3 Å². The molecule has 0 saturated carbocycles. The molecule has 0 radical (unpaired) electrons. The van der Waals surface area contributed by atoms with E-state index in [0.717, 1.165) is 31.1 Å². The van der Waals surface area contributed by atoms with Gasteiger partial charge < -0.3 is 24.8 Å². The maximum atomic E-state index is 13.4. The van der Waals surface area contributed by atoms with Gasteiger partial charge in [0.05, 0.1) is 30.9 Å². The molecule has 2 saturated heterocycles. The monoisotopic (exact) mass is 512 g/mol. The first-order valence-electron chi connectivity index (χ1n) is 12.1. The zero-order valence-electron chi connectivity index (χ0n) is 20.1. The molecule has 2 aromatic rings. The molecule has 2 N–H and O–H groups in total. The van der Waals surface area contributed by atoms with Crippen molar-refractivity contribution in [2.75, 3.05) is 38.6 Å². The number of aliphatic imine (C=N–C) groups is 1. The molecule has 10 nitrogen and oxygen atoms in total. The number of benzene rings is 1. The first-order chi connectivity index (χ1) is 17.4. The Morgan fingerprint density at radius 1 is 1.28 bits per heavy atom. The lowest BCUT2D eigenvalue weighted by Crippen LogP contribution is -2.45. The van der Waals surface area contributed by atoms with Crippen LogP contribution in [0.1, 0.15) is 32.1 Å². The van der Waals surface area contributed by atoms with Gasteiger partial charge in [0, 0.05) is 25.0 Å². The summed E-state index contributed by atoms with van der Waals surface area (Å²) in [5, 5.41) is 14.1. The van der Waals surface area contributed by atoms with E-state index >= 15 is 0 Å². The lowest BCUT2D eigenvalue weighted by molar-refractivity contribution is -0.141. The number of aromatic nitrogens is 1. The standard InChI is InChI=1S/C25H29ClN6O4/c1-36-25(35)17(14-27)23(28-18-9-6-7-16-13-20(26)30-22(16)18)29-19-8-2-3-12-32(24(19)34)15-21(33)31-10-4-5-11-31/h6-7,9,13,17,19,30H,2-5,8,10-12,15H2,1H3,(H,28,29)/t17?,19-/m0/s1. The molecule has 0 spiro atoms. The van der Waals surface area contributed by atoms with Crippen LogP contribution in [-0.2, 0) is 19.1 Å². The van der Waals surface area contributed by atoms with Crippen LogP contribution in [0.25, 0.3) is 10.9 Å². The third kappa shape index (κ3) is 5.62. The van der Waals surface area contributed by atoms with Crippen LogP contribution in [0.15, 0.2) is 29.3 Å². The van der Waals surface area contributed by atoms with Gasteiger partial charge in [-0.15, -0.1) is 0 Å². The first kappa shape index (κ1) is 25.5. The van der Waals surface area contributed by atoms with E-state index in [1.807, 2.05) is 12.1 Å². The number of carbonyl (C=O) groups is 3. The number of methoxy groups -OCH3 is 1. The number of para-hydroxylation sites is 1. The number of nitrogens with one attached hydrogen (secondary N) is 2. The van der Waals surface area contributed by atoms with Crippen molar-refractivity contribution in [2.24, 2.45) is 10.9 Å². The molecule has 36 heavy (non-hydrogen) atoms. The van der Waals surface area contributed by atoms with Gasteiger partial charge in [-0.1, -0.05) is 23.7 Å². The molecule has 2 aliphatic heterocycles. The van der Waals surface area contributed by atoms with E-state index in [-0.39, 0.29) is 24.2 Å². The Bertz CT molecular complexity index is 1210. The molecule has 2 amide bonds. The minimum atomic E-state index is -1.37. The zero-order valence-corrected chi connectivity index (χ0v) is 20.9. The summed E-state index contributed by atoms with van der Waals surface area (Å²) in [4.78, 5) is 49.6. The van der Waals surface area contributed by atoms with Crippen LogP contribution in [0.2, 0.25) is 5.15 Å². The summed E-state index contributed by atoms with van der Waals surface area (Å²) in [7, 11) is 1.19. The van der Waals surface area contributed by atoms with Gasteiger partial charge in [-0.3, -0.25) is 19.4 Å². The highest BCUT2D eigenvalue weighted by atomic mass is 35.5. The van der Waals surface area contributed by atoms with Crippen LogP contribution in [0, 0.1) is 17.2 Å². The molecule has 2 aliphatic rings. The fraction of sp³-hybridized carbons (Fsp3) is 0.480. The van der Waals surface area contributed by atoms with Crippen LogP contribution in [0.3, 0.4) is 0 Å². The number of fused-ring (bicyclic) bond motifs is 1. The Kier molecular flexibility index (Phi) is 8.10. The number of hydrogen-bond acceptors (Lipinski definition) is 6. The Morgan fingerprint density at radius 3 is 2.75 bits per heavy atom. The number of halogens is 1. The van der Waals surface area contributed by atoms with E-state index in [4.69, 9.17) is 16.3 Å². The minimum absolute atomic E-state index is 0.00653. The maximum Gasteiger partial charge on any atom is 0.330 e. The number of likely N-dealkylation sites (tertiary alicyclic amines) is 2. The average Bonchev–Trinajstić information content (AvgIpc) is 3.51. The number of hydrogen-bond donors (Lipinski definition) is 2. The fourth-order valence-corrected chi connectivity index (χ4v) is 4.86. The number of amides is 2. The summed E-state index contributed by atoms with van der Waals surface area (Å²) in [6.45, 7) is 1.90. The van der Waals surface area contributed by atoms with Crippen molar-refractivity contribution in [2.45, 2.75) is 38.1 Å². The number of anilines is 1. The molecular weight excluding hydrogens is 484 g/mol. The highest BCUT2D eigenvalue weighted by Gasteiger charge is 2.33. The fourth-order valence-electron chi connectivity index (χ4n) is 4.65. The molecule has 0 bridgehead atoms. The SMILES string of the molecule is COC(=O)C(C#N)C(=N[C@H]1CCCCN(CC(=O)N2CCCC2)C1=O)Nc1cccc2cc(Cl)[nH]c12. The summed E-state index contributed by atoms with van der Waals surface area (Å²) < 4.78 is 4.83. The van der Waals surface area contributed by atoms with Crippen molar-refractivity contribution in [1.82, 2.24) is 14.8 Å². The van der Waals surface area contributed by atoms with Crippen LogP contribution in [0.4, 0.5) is 5.69 Å². The largest absolute Gasteiger partial charge is 0.468 e. The van der Waals surface area contributed by atoms with Gasteiger partial charge in [0.15, 0.2) is 0 Å². The van der Waals surface area contributed by atoms with Crippen molar-refractivity contribution in [1.29, 1.82) is 5.26 Å². The molecule has 2 fully saturated rings. The minimum Gasteiger partial charge on any atom is -0.468 e. The summed E-state index contributed by atoms with van der Waals surface area (Å²) in [6, 6.07) is 8.28. The number of rotatable bonds is 6. The smallest absolute Gasteiger partial charge is 0.330 e. The van der Waals surface area contributed by atoms with Crippen LogP contribution < -0.4 is 5.32 Å². The Labute approximate surface area is 214 Å². The number of esters is 1. The number of nitrogens with zero attached hydrogens (tertiary/aromatic N) is 4. The quantitative estimate of drug-likeness (QED) is 0.347. The van der Waals surface area contributed by atoms with Gasteiger partial charge in [-0.2, -0.15) is 5.26 Å². The summed E-state index contributed by atoms with van der Waals surface area (Å²) >= 11 is 6.13. The number of aromatic amines is 1. The van der Waals surface area contributed by atoms with E-state index in [0.29, 0.717) is 42.4 Å². The van der Waals surface area contributed by atoms with Crippen molar-refractivity contribution < 1.29 is 19.1 Å². The second-order valence-corrected chi connectivity index (χ2v) is 9.38. The molecule has 1 unspecified atom stereocenters. The van der Waals surface area contributed by atoms with E-state index in [1.165, 1.54) is 7.11 Å². The first-order valence-corrected chi connectivity index (χ1v) is 12.4. The normalized spacial score (nSPS) is 19.6. The Morgan fingerprint density at radius 2 is 2.03 bits per heavy atom. The highest BCUT2D eigenvalue weighted by molar-refractivity contribution is 6.31. The van der Waals surface area contributed by atoms with Crippen LogP contribution in [0.5, 0.6) is 0 Å². The topological polar surface area (TPSA) is 131 Å². The second-order valence-electron chi connectivity index (χ2n) is 8.97. The van der Waals surface area contributed by atoms with Crippen LogP contribution in [-0.4, -0.2) is 77.7 Å². The van der Waals surface area contributed by atoms with Crippen molar-refractivity contribution in [3.05, 3.63) is 29.4 Å². The Hall–Kier alpha value is -3.58. The maximum absolute atomic E-state index is 13.4. The van der Waals surface area contributed by atoms with Gasteiger partial charge in [0.2, 0.25) is 17.7 Å². The van der Waals surface area contributed by atoms with E-state index in [1.54, 1.807) is 28.0 Å². The van der Waals surface area contributed by atoms with Crippen molar-refractivity contribution >= 4 is 51.8 Å². The lowest BCUT2D eigenvalue weighted by Gasteiger charge is -2.25. The number of carbonyl (C=O) groups excluding carboxylic acids is 3. The molecule has 3 heterocycles. The predicted octanol–water partition coefficient (Wildman–Crippen LogP) is 2.95. The molecule has 1 aromatic carbocycles. The second kappa shape index (κ2) is 11.4. The van der Waals surface area contributed by atoms with Gasteiger partial charge in [0.25, 0.3) is 0 Å². The average molecular weight is 513 g/mol. The highest BCUT2D eigenvalue weighted by Crippen LogP contribution is 2.27. The van der Waals surface area contributed by atoms with Gasteiger partial charge >= 0.3 is 5.97 Å². The summed E-state index contributed by atoms with van der Waals surface area (Å²) in [5.74, 6) is -2.51. The van der Waals surface area contributed by atoms with Gasteiger partial charge in [-0.25, -0.2) is 0 Å². The number of ether oxygens (including phenoxy) is 1. The predicted molar refractivity (Wildman–Crippen MR) is 136 cm³/mol.